The van der Waals surface area contributed by atoms with Gasteiger partial charge in [-0.2, -0.15) is 11.8 Å². The molecular weight excluding hydrogens is 226 g/mol. The first kappa shape index (κ1) is 13.1. The molecule has 0 radical (unpaired) electrons. The number of hydrogen-bond donors (Lipinski definition) is 1. The Bertz CT molecular complexity index is 338. The lowest BCUT2D eigenvalue weighted by atomic mass is 10.3. The second kappa shape index (κ2) is 6.60. The average molecular weight is 243 g/mol. The van der Waals surface area contributed by atoms with Gasteiger partial charge in [-0.25, -0.2) is 4.79 Å². The summed E-state index contributed by atoms with van der Waals surface area (Å²) in [6.07, 6.45) is 3.49. The van der Waals surface area contributed by atoms with Crippen LogP contribution >= 0.6 is 11.8 Å². The minimum atomic E-state index is -0.368. The van der Waals surface area contributed by atoms with Crippen molar-refractivity contribution >= 4 is 17.7 Å². The van der Waals surface area contributed by atoms with E-state index in [0.29, 0.717) is 18.2 Å². The van der Waals surface area contributed by atoms with Gasteiger partial charge in [-0.3, -0.25) is 0 Å². The first-order valence-corrected chi connectivity index (χ1v) is 6.44. The summed E-state index contributed by atoms with van der Waals surface area (Å²) >= 11 is 1.79. The number of carbonyl (C=O) groups is 1. The van der Waals surface area contributed by atoms with Gasteiger partial charge < -0.3 is 14.5 Å². The smallest absolute Gasteiger partial charge is 0.341 e. The Morgan fingerprint density at radius 3 is 3.06 bits per heavy atom. The summed E-state index contributed by atoms with van der Waals surface area (Å²) in [7, 11) is 1.35. The number of rotatable bonds is 6. The zero-order valence-electron chi connectivity index (χ0n) is 9.78. The molecule has 5 heteroatoms. The van der Waals surface area contributed by atoms with Crippen molar-refractivity contribution in [3.8, 4) is 0 Å². The van der Waals surface area contributed by atoms with Gasteiger partial charge in [0.2, 0.25) is 0 Å². The maximum absolute atomic E-state index is 11.2. The number of thioether (sulfide) groups is 1. The predicted octanol–water partition coefficient (Wildman–Crippen LogP) is 1.91. The number of ether oxygens (including phenoxy) is 1. The van der Waals surface area contributed by atoms with Crippen LogP contribution in [0, 0.1) is 0 Å². The second-order valence-corrected chi connectivity index (χ2v) is 4.44. The Kier molecular flexibility index (Phi) is 5.42. The number of nitrogens with one attached hydrogen (secondary N) is 1. The molecule has 0 aromatic carbocycles. The molecule has 0 aliphatic heterocycles. The van der Waals surface area contributed by atoms with Crippen LogP contribution in [0.4, 0.5) is 0 Å². The molecule has 0 saturated carbocycles. The van der Waals surface area contributed by atoms with Gasteiger partial charge >= 0.3 is 5.97 Å². The number of hydrogen-bond acceptors (Lipinski definition) is 5. The highest BCUT2D eigenvalue weighted by Crippen LogP contribution is 2.09. The van der Waals surface area contributed by atoms with E-state index in [2.05, 4.69) is 23.2 Å². The van der Waals surface area contributed by atoms with Crippen LogP contribution in [0.3, 0.4) is 0 Å². The van der Waals surface area contributed by atoms with Crippen LogP contribution in [0.15, 0.2) is 16.7 Å². The van der Waals surface area contributed by atoms with Crippen LogP contribution in [0.25, 0.3) is 0 Å². The first-order chi connectivity index (χ1) is 7.67. The van der Waals surface area contributed by atoms with Gasteiger partial charge in [-0.15, -0.1) is 0 Å². The van der Waals surface area contributed by atoms with Gasteiger partial charge in [0.15, 0.2) is 0 Å². The van der Waals surface area contributed by atoms with Crippen molar-refractivity contribution in [2.75, 3.05) is 19.1 Å². The summed E-state index contributed by atoms with van der Waals surface area (Å²) in [5.41, 5.74) is 0.455. The Labute approximate surface area is 99.7 Å². The van der Waals surface area contributed by atoms with Gasteiger partial charge in [-0.05, 0) is 19.2 Å². The summed E-state index contributed by atoms with van der Waals surface area (Å²) in [5, 5.41) is 3.30. The molecule has 1 unspecified atom stereocenters. The van der Waals surface area contributed by atoms with Gasteiger partial charge in [0.05, 0.1) is 19.2 Å². The molecule has 0 fully saturated rings. The molecule has 1 heterocycles. The molecule has 90 valence electrons. The zero-order valence-corrected chi connectivity index (χ0v) is 10.6. The maximum Gasteiger partial charge on any atom is 0.341 e. The van der Waals surface area contributed by atoms with Crippen LogP contribution in [-0.2, 0) is 11.3 Å². The Balaban J connectivity index is 2.43. The fourth-order valence-electron chi connectivity index (χ4n) is 1.28. The van der Waals surface area contributed by atoms with E-state index in [1.807, 2.05) is 0 Å². The molecule has 0 spiro atoms. The van der Waals surface area contributed by atoms with Gasteiger partial charge in [-0.1, -0.05) is 0 Å². The minimum Gasteiger partial charge on any atom is -0.467 e. The molecule has 0 aliphatic carbocycles. The fraction of sp³-hybridized carbons (Fsp3) is 0.545. The van der Waals surface area contributed by atoms with Crippen LogP contribution in [0.1, 0.15) is 23.0 Å². The molecule has 1 atom stereocenters. The fourth-order valence-corrected chi connectivity index (χ4v) is 1.90. The molecule has 0 saturated heterocycles. The van der Waals surface area contributed by atoms with E-state index < -0.39 is 0 Å². The molecule has 1 N–H and O–H groups in total. The standard InChI is InChI=1S/C11H17NO3S/c1-8(7-16-3)12-5-10-4-9(6-15-10)11(13)14-2/h4,6,8,12H,5,7H2,1-3H3. The molecule has 0 amide bonds. The van der Waals surface area contributed by atoms with Gasteiger partial charge in [0.25, 0.3) is 0 Å². The van der Waals surface area contributed by atoms with Crippen LogP contribution in [0.2, 0.25) is 0 Å². The van der Waals surface area contributed by atoms with Crippen LogP contribution < -0.4 is 5.32 Å². The molecule has 1 rings (SSSR count). The maximum atomic E-state index is 11.2. The number of carbonyl (C=O) groups excluding carboxylic acids is 1. The molecular formula is C11H17NO3S. The topological polar surface area (TPSA) is 51.5 Å². The van der Waals surface area contributed by atoms with E-state index in [1.54, 1.807) is 17.8 Å². The molecule has 16 heavy (non-hydrogen) atoms. The lowest BCUT2D eigenvalue weighted by Crippen LogP contribution is -2.27. The van der Waals surface area contributed by atoms with E-state index >= 15 is 0 Å². The van der Waals surface area contributed by atoms with Crippen molar-refractivity contribution < 1.29 is 13.9 Å². The SMILES string of the molecule is COC(=O)c1coc(CNC(C)CSC)c1. The number of methoxy groups -OCH3 is 1. The summed E-state index contributed by atoms with van der Waals surface area (Å²) in [6, 6.07) is 2.12. The van der Waals surface area contributed by atoms with E-state index in [1.165, 1.54) is 13.4 Å². The highest BCUT2D eigenvalue weighted by Gasteiger charge is 2.10. The van der Waals surface area contributed by atoms with Crippen molar-refractivity contribution in [1.82, 2.24) is 5.32 Å². The third-order valence-corrected chi connectivity index (χ3v) is 2.95. The molecule has 0 aliphatic rings. The molecule has 1 aromatic heterocycles. The highest BCUT2D eigenvalue weighted by atomic mass is 32.2. The Hall–Kier alpha value is -0.940. The average Bonchev–Trinajstić information content (AvgIpc) is 2.74. The molecule has 4 nitrogen and oxygen atoms in total. The van der Waals surface area contributed by atoms with Gasteiger partial charge in [0.1, 0.15) is 12.0 Å². The van der Waals surface area contributed by atoms with Crippen molar-refractivity contribution in [1.29, 1.82) is 0 Å². The quantitative estimate of drug-likeness (QED) is 0.773. The number of furan rings is 1. The minimum absolute atomic E-state index is 0.368. The third kappa shape index (κ3) is 3.90. The highest BCUT2D eigenvalue weighted by molar-refractivity contribution is 7.98. The Morgan fingerprint density at radius 1 is 1.69 bits per heavy atom. The first-order valence-electron chi connectivity index (χ1n) is 5.05. The van der Waals surface area contributed by atoms with Crippen LogP contribution in [-0.4, -0.2) is 31.1 Å². The second-order valence-electron chi connectivity index (χ2n) is 3.53. The molecule has 1 aromatic rings. The molecule has 0 bridgehead atoms. The summed E-state index contributed by atoms with van der Waals surface area (Å²) < 4.78 is 9.84. The summed E-state index contributed by atoms with van der Waals surface area (Å²) in [4.78, 5) is 11.2. The van der Waals surface area contributed by atoms with Crippen LogP contribution in [0.5, 0.6) is 0 Å². The number of esters is 1. The van der Waals surface area contributed by atoms with Crippen molar-refractivity contribution in [2.24, 2.45) is 0 Å². The van der Waals surface area contributed by atoms with E-state index in [0.717, 1.165) is 11.5 Å². The largest absolute Gasteiger partial charge is 0.467 e. The summed E-state index contributed by atoms with van der Waals surface area (Å²) in [5.74, 6) is 1.42. The third-order valence-electron chi connectivity index (χ3n) is 2.12. The lowest BCUT2D eigenvalue weighted by molar-refractivity contribution is 0.0600. The Morgan fingerprint density at radius 2 is 2.44 bits per heavy atom. The van der Waals surface area contributed by atoms with Crippen molar-refractivity contribution in [2.45, 2.75) is 19.5 Å². The van der Waals surface area contributed by atoms with E-state index in [9.17, 15) is 4.79 Å². The van der Waals surface area contributed by atoms with Crippen molar-refractivity contribution in [3.05, 3.63) is 23.7 Å². The normalized spacial score (nSPS) is 12.4. The van der Waals surface area contributed by atoms with E-state index in [4.69, 9.17) is 4.42 Å². The zero-order chi connectivity index (χ0) is 12.0. The summed E-state index contributed by atoms with van der Waals surface area (Å²) in [6.45, 7) is 2.74. The van der Waals surface area contributed by atoms with Crippen molar-refractivity contribution in [3.63, 3.8) is 0 Å². The monoisotopic (exact) mass is 243 g/mol. The lowest BCUT2D eigenvalue weighted by Gasteiger charge is -2.10. The van der Waals surface area contributed by atoms with E-state index in [-0.39, 0.29) is 5.97 Å². The van der Waals surface area contributed by atoms with Gasteiger partial charge in [0, 0.05) is 11.8 Å². The predicted molar refractivity (Wildman–Crippen MR) is 64.7 cm³/mol.